The Morgan fingerprint density at radius 3 is 2.53 bits per heavy atom. The molecule has 1 N–H and O–H groups in total. The van der Waals surface area contributed by atoms with E-state index in [2.05, 4.69) is 0 Å². The highest BCUT2D eigenvalue weighted by atomic mass is 19.1. The van der Waals surface area contributed by atoms with E-state index in [1.54, 1.807) is 13.0 Å². The third-order valence-electron chi connectivity index (χ3n) is 2.36. The molecule has 0 bridgehead atoms. The summed E-state index contributed by atoms with van der Waals surface area (Å²) in [6, 6.07) is 5.97. The van der Waals surface area contributed by atoms with Crippen molar-refractivity contribution < 1.29 is 19.1 Å². The second kappa shape index (κ2) is 5.98. The molecule has 0 saturated carbocycles. The molecule has 0 unspecified atom stereocenters. The van der Waals surface area contributed by atoms with E-state index >= 15 is 0 Å². The van der Waals surface area contributed by atoms with Gasteiger partial charge in [-0.3, -0.25) is 9.59 Å². The molecule has 1 amide bonds. The number of halogens is 1. The van der Waals surface area contributed by atoms with Crippen LogP contribution in [0.15, 0.2) is 24.3 Å². The topological polar surface area (TPSA) is 57.6 Å². The van der Waals surface area contributed by atoms with E-state index in [-0.39, 0.29) is 24.4 Å². The molecule has 0 aliphatic heterocycles. The molecular formula is C12H14FNO3. The predicted octanol–water partition coefficient (Wildman–Crippen LogP) is 1.30. The summed E-state index contributed by atoms with van der Waals surface area (Å²) in [4.78, 5) is 23.4. The zero-order chi connectivity index (χ0) is 12.8. The highest BCUT2D eigenvalue weighted by Crippen LogP contribution is 2.08. The number of rotatable bonds is 5. The third kappa shape index (κ3) is 3.86. The van der Waals surface area contributed by atoms with Crippen LogP contribution in [0.25, 0.3) is 0 Å². The third-order valence-corrected chi connectivity index (χ3v) is 2.36. The van der Waals surface area contributed by atoms with Crippen molar-refractivity contribution in [2.45, 2.75) is 13.3 Å². The van der Waals surface area contributed by atoms with Crippen LogP contribution in [0.4, 0.5) is 4.39 Å². The lowest BCUT2D eigenvalue weighted by molar-refractivity contribution is -0.144. The lowest BCUT2D eigenvalue weighted by atomic mass is 10.1. The fourth-order valence-corrected chi connectivity index (χ4v) is 1.46. The Hall–Kier alpha value is -1.91. The maximum atomic E-state index is 13.3. The fraction of sp³-hybridized carbons (Fsp3) is 0.333. The molecule has 4 nitrogen and oxygen atoms in total. The van der Waals surface area contributed by atoms with Gasteiger partial charge >= 0.3 is 5.97 Å². The maximum Gasteiger partial charge on any atom is 0.323 e. The zero-order valence-electron chi connectivity index (χ0n) is 9.52. The van der Waals surface area contributed by atoms with E-state index in [0.29, 0.717) is 6.54 Å². The second-order valence-corrected chi connectivity index (χ2v) is 3.57. The molecule has 1 rings (SSSR count). The predicted molar refractivity (Wildman–Crippen MR) is 60.0 cm³/mol. The standard InChI is InChI=1S/C12H14FNO3/c1-2-14(8-12(16)17)11(15)7-9-5-3-4-6-10(9)13/h3-6H,2,7-8H2,1H3,(H,16,17). The minimum atomic E-state index is -1.08. The van der Waals surface area contributed by atoms with E-state index in [1.165, 1.54) is 23.1 Å². The summed E-state index contributed by atoms with van der Waals surface area (Å²) in [5, 5.41) is 8.62. The Kier molecular flexibility index (Phi) is 4.63. The van der Waals surface area contributed by atoms with Gasteiger partial charge in [-0.2, -0.15) is 0 Å². The monoisotopic (exact) mass is 239 g/mol. The number of carbonyl (C=O) groups excluding carboxylic acids is 1. The van der Waals surface area contributed by atoms with Crippen molar-refractivity contribution in [3.8, 4) is 0 Å². The lowest BCUT2D eigenvalue weighted by Crippen LogP contribution is -2.36. The number of carbonyl (C=O) groups is 2. The van der Waals surface area contributed by atoms with E-state index in [9.17, 15) is 14.0 Å². The van der Waals surface area contributed by atoms with E-state index in [0.717, 1.165) is 0 Å². The number of carboxylic acid groups (broad SMARTS) is 1. The number of hydrogen-bond acceptors (Lipinski definition) is 2. The molecule has 1 aromatic rings. The Bertz CT molecular complexity index is 420. The Labute approximate surface area is 98.7 Å². The van der Waals surface area contributed by atoms with Crippen LogP contribution in [-0.2, 0) is 16.0 Å². The summed E-state index contributed by atoms with van der Waals surface area (Å²) < 4.78 is 13.3. The van der Waals surface area contributed by atoms with Crippen LogP contribution in [-0.4, -0.2) is 35.0 Å². The minimum absolute atomic E-state index is 0.117. The number of hydrogen-bond donors (Lipinski definition) is 1. The molecule has 1 aromatic carbocycles. The average molecular weight is 239 g/mol. The second-order valence-electron chi connectivity index (χ2n) is 3.57. The Balaban J connectivity index is 2.71. The van der Waals surface area contributed by atoms with Gasteiger partial charge in [0.05, 0.1) is 6.42 Å². The maximum absolute atomic E-state index is 13.3. The normalized spacial score (nSPS) is 10.0. The van der Waals surface area contributed by atoms with E-state index in [1.807, 2.05) is 0 Å². The number of amides is 1. The summed E-state index contributed by atoms with van der Waals surface area (Å²) in [5.41, 5.74) is 0.279. The van der Waals surface area contributed by atoms with Gasteiger partial charge < -0.3 is 10.0 Å². The smallest absolute Gasteiger partial charge is 0.323 e. The first-order valence-electron chi connectivity index (χ1n) is 5.27. The van der Waals surface area contributed by atoms with Gasteiger partial charge in [0, 0.05) is 6.54 Å². The van der Waals surface area contributed by atoms with Crippen molar-refractivity contribution >= 4 is 11.9 Å². The van der Waals surface area contributed by atoms with Gasteiger partial charge in [0.2, 0.25) is 5.91 Å². The molecule has 0 atom stereocenters. The summed E-state index contributed by atoms with van der Waals surface area (Å²) in [7, 11) is 0. The summed E-state index contributed by atoms with van der Waals surface area (Å²) in [6.45, 7) is 1.62. The van der Waals surface area contributed by atoms with Gasteiger partial charge in [-0.25, -0.2) is 4.39 Å². The molecule has 17 heavy (non-hydrogen) atoms. The molecule has 0 spiro atoms. The van der Waals surface area contributed by atoms with Crippen LogP contribution in [0.2, 0.25) is 0 Å². The van der Waals surface area contributed by atoms with Crippen LogP contribution in [0.1, 0.15) is 12.5 Å². The molecule has 5 heteroatoms. The first-order chi connectivity index (χ1) is 8.04. The van der Waals surface area contributed by atoms with Crippen LogP contribution in [0, 0.1) is 5.82 Å². The Morgan fingerprint density at radius 1 is 1.35 bits per heavy atom. The highest BCUT2D eigenvalue weighted by Gasteiger charge is 2.16. The number of carboxylic acids is 1. The van der Waals surface area contributed by atoms with Crippen molar-refractivity contribution in [1.82, 2.24) is 4.90 Å². The minimum Gasteiger partial charge on any atom is -0.480 e. The van der Waals surface area contributed by atoms with Crippen LogP contribution >= 0.6 is 0 Å². The number of aliphatic carboxylic acids is 1. The molecule has 0 aliphatic rings. The fourth-order valence-electron chi connectivity index (χ4n) is 1.46. The first kappa shape index (κ1) is 13.2. The molecule has 0 heterocycles. The number of benzene rings is 1. The molecule has 0 fully saturated rings. The first-order valence-corrected chi connectivity index (χ1v) is 5.27. The van der Waals surface area contributed by atoms with Crippen molar-refractivity contribution in [1.29, 1.82) is 0 Å². The molecule has 0 saturated heterocycles. The van der Waals surface area contributed by atoms with Crippen molar-refractivity contribution in [3.63, 3.8) is 0 Å². The molecule has 0 aromatic heterocycles. The molecular weight excluding hydrogens is 225 g/mol. The van der Waals surface area contributed by atoms with Crippen LogP contribution < -0.4 is 0 Å². The average Bonchev–Trinajstić information content (AvgIpc) is 2.28. The molecule has 0 radical (unpaired) electrons. The van der Waals surface area contributed by atoms with Gasteiger partial charge in [-0.15, -0.1) is 0 Å². The van der Waals surface area contributed by atoms with Crippen molar-refractivity contribution in [3.05, 3.63) is 35.6 Å². The SMILES string of the molecule is CCN(CC(=O)O)C(=O)Cc1ccccc1F. The molecule has 0 aliphatic carbocycles. The summed E-state index contributed by atoms with van der Waals surface area (Å²) in [5.74, 6) is -1.92. The van der Waals surface area contributed by atoms with E-state index in [4.69, 9.17) is 5.11 Å². The van der Waals surface area contributed by atoms with Crippen LogP contribution in [0.3, 0.4) is 0 Å². The highest BCUT2D eigenvalue weighted by molar-refractivity contribution is 5.83. The summed E-state index contributed by atoms with van der Waals surface area (Å²) in [6.07, 6.45) is -0.117. The number of nitrogens with zero attached hydrogens (tertiary/aromatic N) is 1. The van der Waals surface area contributed by atoms with Gasteiger partial charge in [-0.1, -0.05) is 18.2 Å². The number of likely N-dealkylation sites (N-methyl/N-ethyl adjacent to an activating group) is 1. The van der Waals surface area contributed by atoms with Gasteiger partial charge in [0.25, 0.3) is 0 Å². The van der Waals surface area contributed by atoms with Crippen molar-refractivity contribution in [2.75, 3.05) is 13.1 Å². The quantitative estimate of drug-likeness (QED) is 0.842. The van der Waals surface area contributed by atoms with Crippen LogP contribution in [0.5, 0.6) is 0 Å². The zero-order valence-corrected chi connectivity index (χ0v) is 9.52. The van der Waals surface area contributed by atoms with Gasteiger partial charge in [-0.05, 0) is 18.6 Å². The lowest BCUT2D eigenvalue weighted by Gasteiger charge is -2.18. The molecule has 92 valence electrons. The van der Waals surface area contributed by atoms with E-state index < -0.39 is 11.8 Å². The summed E-state index contributed by atoms with van der Waals surface area (Å²) >= 11 is 0. The van der Waals surface area contributed by atoms with Gasteiger partial charge in [0.1, 0.15) is 12.4 Å². The van der Waals surface area contributed by atoms with Crippen molar-refractivity contribution in [2.24, 2.45) is 0 Å². The largest absolute Gasteiger partial charge is 0.480 e. The Morgan fingerprint density at radius 2 is 2.00 bits per heavy atom. The van der Waals surface area contributed by atoms with Gasteiger partial charge in [0.15, 0.2) is 0 Å².